The Balaban J connectivity index is 2.24. The van der Waals surface area contributed by atoms with Crippen LogP contribution in [0.3, 0.4) is 0 Å². The minimum atomic E-state index is 0.139. The third-order valence-electron chi connectivity index (χ3n) is 6.34. The van der Waals surface area contributed by atoms with Crippen LogP contribution in [-0.2, 0) is 12.5 Å². The molecular formula is C28H38N+. The van der Waals surface area contributed by atoms with Gasteiger partial charge in [-0.3, -0.25) is 0 Å². The van der Waals surface area contributed by atoms with Crippen molar-refractivity contribution >= 4 is 10.8 Å². The normalized spacial score (nSPS) is 12.6. The predicted octanol–water partition coefficient (Wildman–Crippen LogP) is 7.33. The number of nitrogens with zero attached hydrogens (tertiary/aromatic N) is 1. The molecule has 0 saturated carbocycles. The monoisotopic (exact) mass is 388 g/mol. The summed E-state index contributed by atoms with van der Waals surface area (Å²) < 4.78 is 2.28. The Morgan fingerprint density at radius 2 is 1.48 bits per heavy atom. The van der Waals surface area contributed by atoms with Crippen molar-refractivity contribution in [3.63, 3.8) is 0 Å². The molecule has 0 aliphatic carbocycles. The lowest BCUT2D eigenvalue weighted by atomic mass is 9.79. The molecule has 1 heteroatoms. The minimum absolute atomic E-state index is 0.139. The zero-order valence-electron chi connectivity index (χ0n) is 19.8. The molecule has 0 aliphatic rings. The van der Waals surface area contributed by atoms with Gasteiger partial charge in [-0.1, -0.05) is 72.7 Å². The summed E-state index contributed by atoms with van der Waals surface area (Å²) in [6.07, 6.45) is 2.21. The smallest absolute Gasteiger partial charge is 0.200 e. The highest BCUT2D eigenvalue weighted by Gasteiger charge is 2.23. The first-order valence-electron chi connectivity index (χ1n) is 11.0. The summed E-state index contributed by atoms with van der Waals surface area (Å²) in [6, 6.07) is 16.3. The van der Waals surface area contributed by atoms with Crippen LogP contribution in [0.1, 0.15) is 71.1 Å². The molecule has 0 fully saturated rings. The molecule has 0 amide bonds. The maximum absolute atomic E-state index is 2.42. The lowest BCUT2D eigenvalue weighted by molar-refractivity contribution is -0.659. The van der Waals surface area contributed by atoms with Crippen LogP contribution in [-0.4, -0.2) is 0 Å². The maximum Gasteiger partial charge on any atom is 0.220 e. The van der Waals surface area contributed by atoms with Gasteiger partial charge in [0.2, 0.25) is 5.69 Å². The van der Waals surface area contributed by atoms with Gasteiger partial charge >= 0.3 is 0 Å². The van der Waals surface area contributed by atoms with Crippen molar-refractivity contribution in [2.45, 2.75) is 66.7 Å². The van der Waals surface area contributed by atoms with Crippen LogP contribution in [0, 0.1) is 18.8 Å². The minimum Gasteiger partial charge on any atom is -0.200 e. The van der Waals surface area contributed by atoms with E-state index >= 15 is 0 Å². The highest BCUT2D eigenvalue weighted by Crippen LogP contribution is 2.36. The first kappa shape index (κ1) is 21.6. The standard InChI is InChI=1S/C28H38N/c1-18(2)26(19(3)4)22-11-13-24-21(16-22)14-15-29(9)27(24)25-17-23(28(6,7)8)12-10-20(25)5/h10-19,26H,1-9H3/q+1. The van der Waals surface area contributed by atoms with Gasteiger partial charge in [-0.25, -0.2) is 4.57 Å². The maximum atomic E-state index is 2.42. The van der Waals surface area contributed by atoms with Crippen molar-refractivity contribution in [3.8, 4) is 11.3 Å². The molecule has 29 heavy (non-hydrogen) atoms. The number of benzene rings is 2. The highest BCUT2D eigenvalue weighted by molar-refractivity contribution is 5.94. The van der Waals surface area contributed by atoms with Crippen molar-refractivity contribution in [2.75, 3.05) is 0 Å². The first-order valence-corrected chi connectivity index (χ1v) is 11.0. The van der Waals surface area contributed by atoms with E-state index in [-0.39, 0.29) is 5.41 Å². The summed E-state index contributed by atoms with van der Waals surface area (Å²) in [5.74, 6) is 1.86. The number of fused-ring (bicyclic) bond motifs is 1. The number of hydrogen-bond acceptors (Lipinski definition) is 0. The summed E-state index contributed by atoms with van der Waals surface area (Å²) in [7, 11) is 2.16. The Hall–Kier alpha value is -2.15. The van der Waals surface area contributed by atoms with E-state index in [1.165, 1.54) is 38.7 Å². The Bertz CT molecular complexity index is 1010. The third kappa shape index (κ3) is 4.25. The molecule has 0 atom stereocenters. The van der Waals surface area contributed by atoms with Crippen LogP contribution in [0.2, 0.25) is 0 Å². The third-order valence-corrected chi connectivity index (χ3v) is 6.34. The fourth-order valence-electron chi connectivity index (χ4n) is 4.82. The van der Waals surface area contributed by atoms with E-state index in [0.717, 1.165) is 0 Å². The molecule has 1 nitrogen and oxygen atoms in total. The molecule has 154 valence electrons. The topological polar surface area (TPSA) is 3.88 Å². The molecule has 1 aromatic heterocycles. The molecule has 3 rings (SSSR count). The zero-order valence-corrected chi connectivity index (χ0v) is 19.8. The molecule has 2 aromatic carbocycles. The quantitative estimate of drug-likeness (QED) is 0.412. The molecule has 0 unspecified atom stereocenters. The number of hydrogen-bond donors (Lipinski definition) is 0. The van der Waals surface area contributed by atoms with E-state index in [2.05, 4.69) is 116 Å². The van der Waals surface area contributed by atoms with Crippen molar-refractivity contribution in [2.24, 2.45) is 18.9 Å². The van der Waals surface area contributed by atoms with E-state index in [1.54, 1.807) is 0 Å². The lowest BCUT2D eigenvalue weighted by Crippen LogP contribution is -2.31. The number of aromatic nitrogens is 1. The molecule has 0 aliphatic heterocycles. The summed E-state index contributed by atoms with van der Waals surface area (Å²) in [5.41, 5.74) is 6.95. The lowest BCUT2D eigenvalue weighted by Gasteiger charge is -2.25. The van der Waals surface area contributed by atoms with Crippen LogP contribution < -0.4 is 4.57 Å². The van der Waals surface area contributed by atoms with Crippen LogP contribution >= 0.6 is 0 Å². The molecule has 0 bridgehead atoms. The number of rotatable bonds is 4. The second kappa shape index (κ2) is 7.94. The van der Waals surface area contributed by atoms with E-state index in [9.17, 15) is 0 Å². The van der Waals surface area contributed by atoms with Crippen LogP contribution in [0.5, 0.6) is 0 Å². The van der Waals surface area contributed by atoms with Gasteiger partial charge in [0.25, 0.3) is 0 Å². The highest BCUT2D eigenvalue weighted by atomic mass is 14.9. The van der Waals surface area contributed by atoms with Crippen LogP contribution in [0.25, 0.3) is 22.0 Å². The van der Waals surface area contributed by atoms with Gasteiger partial charge in [0.15, 0.2) is 6.20 Å². The van der Waals surface area contributed by atoms with Gasteiger partial charge in [0, 0.05) is 11.6 Å². The summed E-state index contributed by atoms with van der Waals surface area (Å²) in [5, 5.41) is 2.67. The van der Waals surface area contributed by atoms with E-state index < -0.39 is 0 Å². The van der Waals surface area contributed by atoms with Gasteiger partial charge < -0.3 is 0 Å². The second-order valence-corrected chi connectivity index (χ2v) is 10.4. The average Bonchev–Trinajstić information content (AvgIpc) is 2.61. The molecule has 1 heterocycles. The van der Waals surface area contributed by atoms with Crippen LogP contribution in [0.15, 0.2) is 48.7 Å². The van der Waals surface area contributed by atoms with E-state index in [0.29, 0.717) is 17.8 Å². The zero-order chi connectivity index (χ0) is 21.5. The van der Waals surface area contributed by atoms with Gasteiger partial charge in [0.1, 0.15) is 7.05 Å². The predicted molar refractivity (Wildman–Crippen MR) is 126 cm³/mol. The van der Waals surface area contributed by atoms with Gasteiger partial charge in [-0.15, -0.1) is 0 Å². The fraction of sp³-hybridized carbons (Fsp3) is 0.464. The Kier molecular flexibility index (Phi) is 5.90. The van der Waals surface area contributed by atoms with Crippen molar-refractivity contribution in [1.29, 1.82) is 0 Å². The Morgan fingerprint density at radius 1 is 0.828 bits per heavy atom. The van der Waals surface area contributed by atoms with E-state index in [1.807, 2.05) is 0 Å². The molecular weight excluding hydrogens is 350 g/mol. The Morgan fingerprint density at radius 3 is 2.07 bits per heavy atom. The van der Waals surface area contributed by atoms with Crippen molar-refractivity contribution < 1.29 is 4.57 Å². The van der Waals surface area contributed by atoms with Crippen molar-refractivity contribution in [3.05, 3.63) is 65.4 Å². The number of pyridine rings is 1. The molecule has 0 spiro atoms. The first-order chi connectivity index (χ1) is 13.5. The second-order valence-electron chi connectivity index (χ2n) is 10.4. The number of aryl methyl sites for hydroxylation is 2. The SMILES string of the molecule is Cc1ccc(C(C)(C)C)cc1-c1c2ccc(C(C(C)C)C(C)C)cc2cc[n+]1C. The average molecular weight is 389 g/mol. The molecule has 0 radical (unpaired) electrons. The largest absolute Gasteiger partial charge is 0.220 e. The molecule has 0 saturated heterocycles. The summed E-state index contributed by atoms with van der Waals surface area (Å²) in [6.45, 7) is 18.4. The van der Waals surface area contributed by atoms with Crippen LogP contribution in [0.4, 0.5) is 0 Å². The van der Waals surface area contributed by atoms with Gasteiger partial charge in [-0.05, 0) is 64.3 Å². The van der Waals surface area contributed by atoms with Gasteiger partial charge in [-0.2, -0.15) is 0 Å². The van der Waals surface area contributed by atoms with E-state index in [4.69, 9.17) is 0 Å². The summed E-state index contributed by atoms with van der Waals surface area (Å²) in [4.78, 5) is 0. The van der Waals surface area contributed by atoms with Crippen molar-refractivity contribution in [1.82, 2.24) is 0 Å². The molecule has 3 aromatic rings. The molecule has 0 N–H and O–H groups in total. The summed E-state index contributed by atoms with van der Waals surface area (Å²) >= 11 is 0. The fourth-order valence-corrected chi connectivity index (χ4v) is 4.82. The van der Waals surface area contributed by atoms with Gasteiger partial charge in [0.05, 0.1) is 5.39 Å². The Labute approximate surface area is 177 Å².